The van der Waals surface area contributed by atoms with E-state index in [2.05, 4.69) is 0 Å². The Bertz CT molecular complexity index is 878. The first-order valence-corrected chi connectivity index (χ1v) is 9.51. The van der Waals surface area contributed by atoms with Crippen molar-refractivity contribution in [1.29, 1.82) is 0 Å². The van der Waals surface area contributed by atoms with Crippen molar-refractivity contribution in [2.75, 3.05) is 27.2 Å². The number of nitrogens with zero attached hydrogens (tertiary/aromatic N) is 2. The second-order valence-electron chi connectivity index (χ2n) is 7.23. The number of piperidine rings is 1. The molecule has 0 bridgehead atoms. The predicted octanol–water partition coefficient (Wildman–Crippen LogP) is 3.48. The molecule has 2 aromatic carbocycles. The highest BCUT2D eigenvalue weighted by atomic mass is 19.1. The van der Waals surface area contributed by atoms with Crippen molar-refractivity contribution in [3.8, 4) is 5.75 Å². The summed E-state index contributed by atoms with van der Waals surface area (Å²) in [7, 11) is 3.37. The molecule has 3 rings (SSSR count). The van der Waals surface area contributed by atoms with Crippen LogP contribution in [-0.2, 0) is 11.3 Å². The van der Waals surface area contributed by atoms with Crippen molar-refractivity contribution < 1.29 is 23.1 Å². The molecule has 7 heteroatoms. The topological polar surface area (TPSA) is 49.9 Å². The quantitative estimate of drug-likeness (QED) is 0.769. The molecule has 1 fully saturated rings. The third-order valence-corrected chi connectivity index (χ3v) is 5.25. The molecule has 29 heavy (non-hydrogen) atoms. The molecule has 2 amide bonds. The van der Waals surface area contributed by atoms with Crippen LogP contribution in [0, 0.1) is 17.6 Å². The van der Waals surface area contributed by atoms with E-state index in [9.17, 15) is 18.4 Å². The minimum Gasteiger partial charge on any atom is -0.497 e. The molecule has 0 unspecified atom stereocenters. The van der Waals surface area contributed by atoms with Crippen molar-refractivity contribution in [3.63, 3.8) is 0 Å². The molecule has 0 spiro atoms. The fraction of sp³-hybridized carbons (Fsp3) is 0.364. The summed E-state index contributed by atoms with van der Waals surface area (Å²) >= 11 is 0. The minimum atomic E-state index is -0.868. The average Bonchev–Trinajstić information content (AvgIpc) is 2.73. The zero-order valence-corrected chi connectivity index (χ0v) is 16.5. The third-order valence-electron chi connectivity index (χ3n) is 5.25. The Morgan fingerprint density at radius 1 is 1.10 bits per heavy atom. The Morgan fingerprint density at radius 2 is 1.76 bits per heavy atom. The summed E-state index contributed by atoms with van der Waals surface area (Å²) in [5.74, 6) is -1.45. The van der Waals surface area contributed by atoms with E-state index < -0.39 is 17.5 Å². The summed E-state index contributed by atoms with van der Waals surface area (Å²) in [6.45, 7) is 1.22. The van der Waals surface area contributed by atoms with Gasteiger partial charge in [0, 0.05) is 38.7 Å². The highest BCUT2D eigenvalue weighted by molar-refractivity contribution is 5.94. The second-order valence-corrected chi connectivity index (χ2v) is 7.23. The number of halogens is 2. The maximum absolute atomic E-state index is 13.9. The average molecular weight is 402 g/mol. The van der Waals surface area contributed by atoms with Crippen molar-refractivity contribution in [2.45, 2.75) is 19.4 Å². The van der Waals surface area contributed by atoms with Gasteiger partial charge in [-0.25, -0.2) is 8.78 Å². The number of carbonyl (C=O) groups is 2. The second kappa shape index (κ2) is 9.03. The normalized spacial score (nSPS) is 14.6. The monoisotopic (exact) mass is 402 g/mol. The zero-order chi connectivity index (χ0) is 21.0. The zero-order valence-electron chi connectivity index (χ0n) is 16.5. The SMILES string of the molecule is COc1ccc(CN(C)C(=O)C2CCN(C(=O)c3ccc(F)cc3F)CC2)cc1. The number of rotatable bonds is 5. The lowest BCUT2D eigenvalue weighted by molar-refractivity contribution is -0.136. The molecule has 1 aliphatic heterocycles. The number of ether oxygens (including phenoxy) is 1. The highest BCUT2D eigenvalue weighted by Crippen LogP contribution is 2.23. The lowest BCUT2D eigenvalue weighted by Gasteiger charge is -2.33. The van der Waals surface area contributed by atoms with Gasteiger partial charge in [0.15, 0.2) is 0 Å². The predicted molar refractivity (Wildman–Crippen MR) is 104 cm³/mol. The van der Waals surface area contributed by atoms with Crippen LogP contribution < -0.4 is 4.74 Å². The van der Waals surface area contributed by atoms with Crippen LogP contribution >= 0.6 is 0 Å². The number of benzene rings is 2. The van der Waals surface area contributed by atoms with Crippen molar-refractivity contribution in [3.05, 3.63) is 65.2 Å². The van der Waals surface area contributed by atoms with E-state index >= 15 is 0 Å². The van der Waals surface area contributed by atoms with Gasteiger partial charge in [0.1, 0.15) is 17.4 Å². The Balaban J connectivity index is 1.55. The maximum atomic E-state index is 13.9. The molecule has 5 nitrogen and oxygen atoms in total. The van der Waals surface area contributed by atoms with Gasteiger partial charge in [0.2, 0.25) is 5.91 Å². The van der Waals surface area contributed by atoms with E-state index in [1.807, 2.05) is 24.3 Å². The van der Waals surface area contributed by atoms with E-state index in [1.54, 1.807) is 19.1 Å². The van der Waals surface area contributed by atoms with Gasteiger partial charge in [0.05, 0.1) is 12.7 Å². The van der Waals surface area contributed by atoms with E-state index in [-0.39, 0.29) is 17.4 Å². The van der Waals surface area contributed by atoms with Gasteiger partial charge in [-0.1, -0.05) is 12.1 Å². The van der Waals surface area contributed by atoms with Crippen molar-refractivity contribution >= 4 is 11.8 Å². The molecule has 1 aliphatic rings. The maximum Gasteiger partial charge on any atom is 0.256 e. The molecule has 0 atom stereocenters. The Morgan fingerprint density at radius 3 is 2.34 bits per heavy atom. The van der Waals surface area contributed by atoms with Crippen LogP contribution in [0.25, 0.3) is 0 Å². The molecule has 2 aromatic rings. The summed E-state index contributed by atoms with van der Waals surface area (Å²) in [5.41, 5.74) is 0.855. The van der Waals surface area contributed by atoms with Crippen molar-refractivity contribution in [1.82, 2.24) is 9.80 Å². The van der Waals surface area contributed by atoms with Gasteiger partial charge < -0.3 is 14.5 Å². The summed E-state index contributed by atoms with van der Waals surface area (Å²) in [5, 5.41) is 0. The molecule has 0 saturated carbocycles. The number of carbonyl (C=O) groups excluding carboxylic acids is 2. The van der Waals surface area contributed by atoms with Gasteiger partial charge in [-0.2, -0.15) is 0 Å². The van der Waals surface area contributed by atoms with E-state index in [4.69, 9.17) is 4.74 Å². The van der Waals surface area contributed by atoms with Crippen LogP contribution in [0.4, 0.5) is 8.78 Å². The fourth-order valence-electron chi connectivity index (χ4n) is 3.56. The summed E-state index contributed by atoms with van der Waals surface area (Å²) in [4.78, 5) is 28.5. The van der Waals surface area contributed by atoms with Gasteiger partial charge >= 0.3 is 0 Å². The lowest BCUT2D eigenvalue weighted by Crippen LogP contribution is -2.43. The number of hydrogen-bond acceptors (Lipinski definition) is 3. The summed E-state index contributed by atoms with van der Waals surface area (Å²) in [6, 6.07) is 10.5. The molecule has 0 radical (unpaired) electrons. The number of likely N-dealkylation sites (tertiary alicyclic amines) is 1. The smallest absolute Gasteiger partial charge is 0.256 e. The van der Waals surface area contributed by atoms with Crippen LogP contribution in [0.15, 0.2) is 42.5 Å². The first-order valence-electron chi connectivity index (χ1n) is 9.51. The lowest BCUT2D eigenvalue weighted by atomic mass is 9.94. The van der Waals surface area contributed by atoms with Gasteiger partial charge in [-0.05, 0) is 42.7 Å². The van der Waals surface area contributed by atoms with E-state index in [0.717, 1.165) is 23.4 Å². The van der Waals surface area contributed by atoms with E-state index in [0.29, 0.717) is 38.5 Å². The Labute approximate surface area is 168 Å². The molecular formula is C22H24F2N2O3. The van der Waals surface area contributed by atoms with E-state index in [1.165, 1.54) is 4.90 Å². The number of methoxy groups -OCH3 is 1. The Kier molecular flexibility index (Phi) is 6.46. The van der Waals surface area contributed by atoms with Crippen LogP contribution in [0.1, 0.15) is 28.8 Å². The first kappa shape index (κ1) is 20.8. The van der Waals surface area contributed by atoms with Gasteiger partial charge in [0.25, 0.3) is 5.91 Å². The van der Waals surface area contributed by atoms with Crippen molar-refractivity contribution in [2.24, 2.45) is 5.92 Å². The standard InChI is InChI=1S/C22H24F2N2O3/c1-25(14-15-3-6-18(29-2)7-4-15)21(27)16-9-11-26(12-10-16)22(28)19-8-5-17(23)13-20(19)24/h3-8,13,16H,9-12,14H2,1-2H3. The molecule has 1 heterocycles. The summed E-state index contributed by atoms with van der Waals surface area (Å²) in [6.07, 6.45) is 1.03. The summed E-state index contributed by atoms with van der Waals surface area (Å²) < 4.78 is 32.1. The van der Waals surface area contributed by atoms with Crippen LogP contribution in [0.2, 0.25) is 0 Å². The van der Waals surface area contributed by atoms with Gasteiger partial charge in [-0.3, -0.25) is 9.59 Å². The molecule has 0 N–H and O–H groups in total. The van der Waals surface area contributed by atoms with Gasteiger partial charge in [-0.15, -0.1) is 0 Å². The largest absolute Gasteiger partial charge is 0.497 e. The molecule has 0 aromatic heterocycles. The van der Waals surface area contributed by atoms with Crippen LogP contribution in [0.5, 0.6) is 5.75 Å². The number of amides is 2. The third kappa shape index (κ3) is 4.91. The van der Waals surface area contributed by atoms with Crippen LogP contribution in [-0.4, -0.2) is 48.9 Å². The fourth-order valence-corrected chi connectivity index (χ4v) is 3.56. The van der Waals surface area contributed by atoms with Crippen LogP contribution in [0.3, 0.4) is 0 Å². The number of hydrogen-bond donors (Lipinski definition) is 0. The Hall–Kier alpha value is -2.96. The molecular weight excluding hydrogens is 378 g/mol. The molecule has 154 valence electrons. The molecule has 0 aliphatic carbocycles. The minimum absolute atomic E-state index is 0.0286. The first-order chi connectivity index (χ1) is 13.9. The molecule has 1 saturated heterocycles. The highest BCUT2D eigenvalue weighted by Gasteiger charge is 2.30.